The van der Waals surface area contributed by atoms with E-state index >= 15 is 0 Å². The van der Waals surface area contributed by atoms with Gasteiger partial charge in [-0.05, 0) is 67.6 Å². The lowest BCUT2D eigenvalue weighted by Gasteiger charge is -2.14. The van der Waals surface area contributed by atoms with Crippen molar-refractivity contribution in [1.82, 2.24) is 9.55 Å². The Kier molecular flexibility index (Phi) is 7.47. The fraction of sp³-hybridized carbons (Fsp3) is 0.154. The molecule has 0 aliphatic rings. The van der Waals surface area contributed by atoms with Crippen molar-refractivity contribution in [2.24, 2.45) is 0 Å². The maximum Gasteiger partial charge on any atom is 0.266 e. The van der Waals surface area contributed by atoms with Crippen LogP contribution in [0.3, 0.4) is 0 Å². The van der Waals surface area contributed by atoms with Crippen LogP contribution in [0, 0.1) is 0 Å². The Labute approximate surface area is 206 Å². The number of benzene rings is 3. The first-order chi connectivity index (χ1) is 16.9. The summed E-state index contributed by atoms with van der Waals surface area (Å²) >= 11 is 1.18. The van der Waals surface area contributed by atoms with Gasteiger partial charge in [0.05, 0.1) is 29.0 Å². The van der Waals surface area contributed by atoms with Crippen LogP contribution in [0.25, 0.3) is 16.6 Å². The zero-order valence-corrected chi connectivity index (χ0v) is 20.1. The van der Waals surface area contributed by atoms with E-state index in [1.807, 2.05) is 13.0 Å². The molecule has 2 amide bonds. The van der Waals surface area contributed by atoms with Crippen LogP contribution in [0.5, 0.6) is 5.75 Å². The lowest BCUT2D eigenvalue weighted by molar-refractivity contribution is -0.114. The molecule has 2 N–H and O–H groups in total. The van der Waals surface area contributed by atoms with Crippen molar-refractivity contribution in [2.45, 2.75) is 19.0 Å². The number of hydrogen-bond acceptors (Lipinski definition) is 6. The topological polar surface area (TPSA) is 102 Å². The third-order valence-electron chi connectivity index (χ3n) is 4.97. The first-order valence-electron chi connectivity index (χ1n) is 11.0. The van der Waals surface area contributed by atoms with Crippen molar-refractivity contribution in [2.75, 3.05) is 23.0 Å². The van der Waals surface area contributed by atoms with Gasteiger partial charge >= 0.3 is 0 Å². The van der Waals surface area contributed by atoms with Gasteiger partial charge in [-0.1, -0.05) is 23.9 Å². The number of carbonyl (C=O) groups excluding carboxylic acids is 2. The molecule has 35 heavy (non-hydrogen) atoms. The molecule has 0 bridgehead atoms. The summed E-state index contributed by atoms with van der Waals surface area (Å²) in [6, 6.07) is 21.1. The molecule has 1 aromatic heterocycles. The lowest BCUT2D eigenvalue weighted by atomic mass is 10.2. The summed E-state index contributed by atoms with van der Waals surface area (Å²) in [5.74, 6) is 0.341. The highest BCUT2D eigenvalue weighted by Crippen LogP contribution is 2.23. The Hall–Kier alpha value is -4.11. The second kappa shape index (κ2) is 10.9. The van der Waals surface area contributed by atoms with Crippen molar-refractivity contribution >= 4 is 45.9 Å². The van der Waals surface area contributed by atoms with Gasteiger partial charge in [-0.3, -0.25) is 19.0 Å². The minimum absolute atomic E-state index is 0.0509. The molecule has 3 aromatic carbocycles. The molecular weight excluding hydrogens is 464 g/mol. The largest absolute Gasteiger partial charge is 0.494 e. The molecule has 0 saturated carbocycles. The molecule has 0 aliphatic carbocycles. The van der Waals surface area contributed by atoms with Crippen LogP contribution in [0.1, 0.15) is 13.8 Å². The highest BCUT2D eigenvalue weighted by Gasteiger charge is 2.15. The summed E-state index contributed by atoms with van der Waals surface area (Å²) in [5.41, 5.74) is 2.23. The van der Waals surface area contributed by atoms with E-state index < -0.39 is 0 Å². The van der Waals surface area contributed by atoms with Gasteiger partial charge in [-0.2, -0.15) is 0 Å². The van der Waals surface area contributed by atoms with Crippen LogP contribution in [0.15, 0.2) is 82.7 Å². The standard InChI is InChI=1S/C26H24N4O4S/c1-3-34-21-14-12-20(13-15-21)30-25(33)22-6-4-5-7-23(22)29-26(30)35-16-24(32)28-19-10-8-18(9-11-19)27-17(2)31/h4-15H,3,16H2,1-2H3,(H,27,31)(H,28,32). The van der Waals surface area contributed by atoms with Gasteiger partial charge in [0.1, 0.15) is 5.75 Å². The first kappa shape index (κ1) is 24.0. The van der Waals surface area contributed by atoms with E-state index in [0.29, 0.717) is 45.5 Å². The van der Waals surface area contributed by atoms with Gasteiger partial charge in [0, 0.05) is 18.3 Å². The molecule has 1 heterocycles. The van der Waals surface area contributed by atoms with Crippen LogP contribution in [-0.4, -0.2) is 33.7 Å². The quantitative estimate of drug-likeness (QED) is 0.280. The van der Waals surface area contributed by atoms with Gasteiger partial charge in [0.2, 0.25) is 11.8 Å². The lowest BCUT2D eigenvalue weighted by Crippen LogP contribution is -2.23. The van der Waals surface area contributed by atoms with E-state index in [0.717, 1.165) is 0 Å². The number of nitrogens with one attached hydrogen (secondary N) is 2. The van der Waals surface area contributed by atoms with Crippen molar-refractivity contribution in [3.05, 3.63) is 83.2 Å². The smallest absolute Gasteiger partial charge is 0.266 e. The molecule has 0 radical (unpaired) electrons. The maximum atomic E-state index is 13.4. The number of carbonyl (C=O) groups is 2. The van der Waals surface area contributed by atoms with Gasteiger partial charge in [-0.25, -0.2) is 4.98 Å². The molecule has 178 valence electrons. The average molecular weight is 489 g/mol. The van der Waals surface area contributed by atoms with Crippen LogP contribution in [-0.2, 0) is 9.59 Å². The zero-order valence-electron chi connectivity index (χ0n) is 19.3. The number of rotatable bonds is 8. The Balaban J connectivity index is 1.57. The van der Waals surface area contributed by atoms with E-state index in [2.05, 4.69) is 15.6 Å². The van der Waals surface area contributed by atoms with Crippen molar-refractivity contribution in [1.29, 1.82) is 0 Å². The number of anilines is 2. The highest BCUT2D eigenvalue weighted by atomic mass is 32.2. The first-order valence-corrected chi connectivity index (χ1v) is 12.0. The predicted molar refractivity (Wildman–Crippen MR) is 139 cm³/mol. The molecule has 0 atom stereocenters. The van der Waals surface area contributed by atoms with E-state index in [1.165, 1.54) is 23.3 Å². The number of thioether (sulfide) groups is 1. The number of amides is 2. The Morgan fingerprint density at radius 3 is 2.26 bits per heavy atom. The van der Waals surface area contributed by atoms with Crippen molar-refractivity contribution < 1.29 is 14.3 Å². The minimum Gasteiger partial charge on any atom is -0.494 e. The molecule has 0 saturated heterocycles. The average Bonchev–Trinajstić information content (AvgIpc) is 2.85. The van der Waals surface area contributed by atoms with Gasteiger partial charge in [0.15, 0.2) is 5.16 Å². The fourth-order valence-corrected chi connectivity index (χ4v) is 4.27. The van der Waals surface area contributed by atoms with E-state index in [9.17, 15) is 14.4 Å². The number of ether oxygens (including phenoxy) is 1. The van der Waals surface area contributed by atoms with E-state index in [-0.39, 0.29) is 23.1 Å². The van der Waals surface area contributed by atoms with Crippen LogP contribution in [0.4, 0.5) is 11.4 Å². The van der Waals surface area contributed by atoms with Crippen LogP contribution >= 0.6 is 11.8 Å². The van der Waals surface area contributed by atoms with Crippen molar-refractivity contribution in [3.8, 4) is 11.4 Å². The second-order valence-corrected chi connectivity index (χ2v) is 8.52. The summed E-state index contributed by atoms with van der Waals surface area (Å²) < 4.78 is 7.02. The third-order valence-corrected chi connectivity index (χ3v) is 5.91. The summed E-state index contributed by atoms with van der Waals surface area (Å²) in [6.07, 6.45) is 0. The number of aromatic nitrogens is 2. The minimum atomic E-state index is -0.247. The summed E-state index contributed by atoms with van der Waals surface area (Å²) in [7, 11) is 0. The maximum absolute atomic E-state index is 13.4. The molecular formula is C26H24N4O4S. The molecule has 4 rings (SSSR count). The predicted octanol–water partition coefficient (Wildman–Crippen LogP) is 4.47. The number of nitrogens with zero attached hydrogens (tertiary/aromatic N) is 2. The van der Waals surface area contributed by atoms with Crippen molar-refractivity contribution in [3.63, 3.8) is 0 Å². The molecule has 8 nitrogen and oxygen atoms in total. The molecule has 0 spiro atoms. The molecule has 0 fully saturated rings. The Bertz CT molecular complexity index is 1420. The fourth-order valence-electron chi connectivity index (χ4n) is 3.46. The number of fused-ring (bicyclic) bond motifs is 1. The number of para-hydroxylation sites is 1. The molecule has 4 aromatic rings. The van der Waals surface area contributed by atoms with Gasteiger partial charge in [-0.15, -0.1) is 0 Å². The normalized spacial score (nSPS) is 10.7. The van der Waals surface area contributed by atoms with Crippen LogP contribution < -0.4 is 20.9 Å². The number of hydrogen-bond donors (Lipinski definition) is 2. The summed E-state index contributed by atoms with van der Waals surface area (Å²) in [6.45, 7) is 3.88. The van der Waals surface area contributed by atoms with Gasteiger partial charge in [0.25, 0.3) is 5.56 Å². The molecule has 0 unspecified atom stereocenters. The Morgan fingerprint density at radius 1 is 0.943 bits per heavy atom. The van der Waals surface area contributed by atoms with Crippen LogP contribution in [0.2, 0.25) is 0 Å². The SMILES string of the molecule is CCOc1ccc(-n2c(SCC(=O)Nc3ccc(NC(C)=O)cc3)nc3ccccc3c2=O)cc1. The Morgan fingerprint density at radius 2 is 1.60 bits per heavy atom. The summed E-state index contributed by atoms with van der Waals surface area (Å²) in [5, 5.41) is 6.41. The van der Waals surface area contributed by atoms with E-state index in [4.69, 9.17) is 4.74 Å². The molecule has 0 aliphatic heterocycles. The summed E-state index contributed by atoms with van der Waals surface area (Å²) in [4.78, 5) is 41.8. The second-order valence-electron chi connectivity index (χ2n) is 7.57. The molecule has 9 heteroatoms. The third kappa shape index (κ3) is 5.88. The zero-order chi connectivity index (χ0) is 24.8. The monoisotopic (exact) mass is 488 g/mol. The van der Waals surface area contributed by atoms with E-state index in [1.54, 1.807) is 66.7 Å². The highest BCUT2D eigenvalue weighted by molar-refractivity contribution is 7.99. The van der Waals surface area contributed by atoms with Gasteiger partial charge < -0.3 is 15.4 Å².